The van der Waals surface area contributed by atoms with Gasteiger partial charge in [-0.2, -0.15) is 11.8 Å². The Morgan fingerprint density at radius 3 is 2.90 bits per heavy atom. The zero-order chi connectivity index (χ0) is 15.1. The molecule has 114 valence electrons. The van der Waals surface area contributed by atoms with Gasteiger partial charge in [-0.3, -0.25) is 4.79 Å². The summed E-state index contributed by atoms with van der Waals surface area (Å²) in [5.74, 6) is 1.79. The number of nitrogens with one attached hydrogen (secondary N) is 1. The molecule has 21 heavy (non-hydrogen) atoms. The fourth-order valence-electron chi connectivity index (χ4n) is 2.34. The van der Waals surface area contributed by atoms with E-state index in [-0.39, 0.29) is 12.5 Å². The molecular weight excluding hydrogens is 284 g/mol. The van der Waals surface area contributed by atoms with E-state index in [1.54, 1.807) is 11.8 Å². The van der Waals surface area contributed by atoms with E-state index in [1.165, 1.54) is 0 Å². The van der Waals surface area contributed by atoms with Crippen LogP contribution in [0.4, 0.5) is 0 Å². The fourth-order valence-corrected chi connectivity index (χ4v) is 3.12. The van der Waals surface area contributed by atoms with Crippen molar-refractivity contribution in [3.8, 4) is 0 Å². The Hall–Kier alpha value is -1.46. The molecule has 2 N–H and O–H groups in total. The van der Waals surface area contributed by atoms with E-state index in [1.807, 2.05) is 41.8 Å². The first kappa shape index (κ1) is 15.9. The second-order valence-electron chi connectivity index (χ2n) is 4.78. The molecular formula is C16H22N2O2S. The van der Waals surface area contributed by atoms with Gasteiger partial charge in [0.05, 0.1) is 0 Å². The molecule has 0 atom stereocenters. The Morgan fingerprint density at radius 1 is 1.33 bits per heavy atom. The lowest BCUT2D eigenvalue weighted by molar-refractivity contribution is 0.0947. The van der Waals surface area contributed by atoms with E-state index in [4.69, 9.17) is 5.11 Å². The van der Waals surface area contributed by atoms with Gasteiger partial charge in [0, 0.05) is 36.4 Å². The number of aliphatic hydroxyl groups excluding tert-OH is 1. The number of aromatic nitrogens is 1. The molecule has 0 saturated carbocycles. The van der Waals surface area contributed by atoms with E-state index in [0.717, 1.165) is 41.1 Å². The maximum atomic E-state index is 12.3. The Bertz CT molecular complexity index is 595. The van der Waals surface area contributed by atoms with Gasteiger partial charge in [-0.1, -0.05) is 18.2 Å². The molecule has 1 aromatic heterocycles. The molecule has 0 fully saturated rings. The maximum Gasteiger partial charge on any atom is 0.267 e. The van der Waals surface area contributed by atoms with E-state index >= 15 is 0 Å². The van der Waals surface area contributed by atoms with Gasteiger partial charge >= 0.3 is 0 Å². The molecule has 0 aliphatic carbocycles. The molecule has 0 saturated heterocycles. The van der Waals surface area contributed by atoms with Crippen molar-refractivity contribution in [3.63, 3.8) is 0 Å². The zero-order valence-electron chi connectivity index (χ0n) is 12.3. The van der Waals surface area contributed by atoms with Crippen molar-refractivity contribution in [3.05, 3.63) is 36.0 Å². The number of para-hydroxylation sites is 1. The number of benzene rings is 1. The van der Waals surface area contributed by atoms with Crippen molar-refractivity contribution in [1.82, 2.24) is 9.88 Å². The lowest BCUT2D eigenvalue weighted by atomic mass is 10.2. The lowest BCUT2D eigenvalue weighted by Gasteiger charge is -2.08. The second-order valence-corrected chi connectivity index (χ2v) is 6.00. The summed E-state index contributed by atoms with van der Waals surface area (Å²) in [5.41, 5.74) is 1.82. The van der Waals surface area contributed by atoms with Crippen LogP contribution in [0, 0.1) is 0 Å². The standard InChI is InChI=1S/C16H22N2O2S/c1-2-18-14-7-4-3-6-13(14)12-15(18)16(20)17-8-11-21-10-5-9-19/h3-4,6-7,12,19H,2,5,8-11H2,1H3,(H,17,20). The van der Waals surface area contributed by atoms with Crippen LogP contribution in [0.2, 0.25) is 0 Å². The summed E-state index contributed by atoms with van der Waals surface area (Å²) in [6.45, 7) is 3.71. The average molecular weight is 306 g/mol. The lowest BCUT2D eigenvalue weighted by Crippen LogP contribution is -2.27. The number of hydrogen-bond acceptors (Lipinski definition) is 3. The van der Waals surface area contributed by atoms with Gasteiger partial charge in [0.1, 0.15) is 5.69 Å². The molecule has 2 rings (SSSR count). The predicted molar refractivity (Wildman–Crippen MR) is 89.0 cm³/mol. The van der Waals surface area contributed by atoms with Crippen molar-refractivity contribution in [1.29, 1.82) is 0 Å². The van der Waals surface area contributed by atoms with Crippen molar-refractivity contribution >= 4 is 28.6 Å². The number of thioether (sulfide) groups is 1. The number of hydrogen-bond donors (Lipinski definition) is 2. The van der Waals surface area contributed by atoms with Crippen LogP contribution in [-0.4, -0.2) is 40.2 Å². The summed E-state index contributed by atoms with van der Waals surface area (Å²) in [7, 11) is 0. The third-order valence-electron chi connectivity index (χ3n) is 3.34. The number of nitrogens with zero attached hydrogens (tertiary/aromatic N) is 1. The number of rotatable bonds is 8. The normalized spacial score (nSPS) is 11.0. The molecule has 0 aliphatic rings. The third-order valence-corrected chi connectivity index (χ3v) is 4.41. The molecule has 0 bridgehead atoms. The van der Waals surface area contributed by atoms with Gasteiger partial charge < -0.3 is 15.0 Å². The van der Waals surface area contributed by atoms with Crippen LogP contribution in [0.15, 0.2) is 30.3 Å². The molecule has 1 heterocycles. The summed E-state index contributed by atoms with van der Waals surface area (Å²) >= 11 is 1.75. The van der Waals surface area contributed by atoms with Crippen LogP contribution in [0.5, 0.6) is 0 Å². The SMILES string of the molecule is CCn1c(C(=O)NCCSCCCO)cc2ccccc21. The van der Waals surface area contributed by atoms with Gasteiger partial charge in [-0.05, 0) is 31.2 Å². The Kier molecular flexibility index (Phi) is 6.14. The molecule has 1 aromatic carbocycles. The summed E-state index contributed by atoms with van der Waals surface area (Å²) in [6.07, 6.45) is 0.808. The number of carbonyl (C=O) groups is 1. The Balaban J connectivity index is 1.96. The number of carbonyl (C=O) groups excluding carboxylic acids is 1. The molecule has 4 nitrogen and oxygen atoms in total. The first-order valence-corrected chi connectivity index (χ1v) is 8.48. The quantitative estimate of drug-likeness (QED) is 0.737. The van der Waals surface area contributed by atoms with E-state index in [9.17, 15) is 4.79 Å². The van der Waals surface area contributed by atoms with Gasteiger partial charge in [-0.15, -0.1) is 0 Å². The van der Waals surface area contributed by atoms with Crippen molar-refractivity contribution in [2.75, 3.05) is 24.7 Å². The summed E-state index contributed by atoms with van der Waals surface area (Å²) in [6, 6.07) is 10.0. The highest BCUT2D eigenvalue weighted by Crippen LogP contribution is 2.19. The van der Waals surface area contributed by atoms with E-state index < -0.39 is 0 Å². The molecule has 0 radical (unpaired) electrons. The summed E-state index contributed by atoms with van der Waals surface area (Å²) in [4.78, 5) is 12.3. The molecule has 5 heteroatoms. The van der Waals surface area contributed by atoms with Gasteiger partial charge in [-0.25, -0.2) is 0 Å². The average Bonchev–Trinajstić information content (AvgIpc) is 2.89. The molecule has 2 aromatic rings. The Labute approximate surface area is 129 Å². The van der Waals surface area contributed by atoms with Gasteiger partial charge in [0.2, 0.25) is 0 Å². The molecule has 0 aliphatic heterocycles. The van der Waals surface area contributed by atoms with Crippen molar-refractivity contribution < 1.29 is 9.90 Å². The number of amides is 1. The van der Waals surface area contributed by atoms with Crippen LogP contribution in [0.3, 0.4) is 0 Å². The fraction of sp³-hybridized carbons (Fsp3) is 0.438. The largest absolute Gasteiger partial charge is 0.396 e. The second kappa shape index (κ2) is 8.10. The number of aliphatic hydroxyl groups is 1. The van der Waals surface area contributed by atoms with Crippen LogP contribution in [-0.2, 0) is 6.54 Å². The predicted octanol–water partition coefficient (Wildman–Crippen LogP) is 2.51. The summed E-state index contributed by atoms with van der Waals surface area (Å²) in [5, 5.41) is 12.8. The molecule has 0 unspecified atom stereocenters. The first-order valence-electron chi connectivity index (χ1n) is 7.33. The first-order chi connectivity index (χ1) is 10.3. The highest BCUT2D eigenvalue weighted by Gasteiger charge is 2.13. The molecule has 1 amide bonds. The van der Waals surface area contributed by atoms with Crippen molar-refractivity contribution in [2.45, 2.75) is 19.9 Å². The monoisotopic (exact) mass is 306 g/mol. The van der Waals surface area contributed by atoms with Gasteiger partial charge in [0.15, 0.2) is 0 Å². The third kappa shape index (κ3) is 4.02. The smallest absolute Gasteiger partial charge is 0.267 e. The van der Waals surface area contributed by atoms with Crippen LogP contribution in [0.25, 0.3) is 10.9 Å². The minimum absolute atomic E-state index is 0.0178. The summed E-state index contributed by atoms with van der Waals surface area (Å²) < 4.78 is 2.05. The van der Waals surface area contributed by atoms with Gasteiger partial charge in [0.25, 0.3) is 5.91 Å². The number of aryl methyl sites for hydroxylation is 1. The topological polar surface area (TPSA) is 54.3 Å². The highest BCUT2D eigenvalue weighted by atomic mass is 32.2. The van der Waals surface area contributed by atoms with Crippen LogP contribution < -0.4 is 5.32 Å². The Morgan fingerprint density at radius 2 is 2.14 bits per heavy atom. The van der Waals surface area contributed by atoms with E-state index in [2.05, 4.69) is 5.32 Å². The zero-order valence-corrected chi connectivity index (χ0v) is 13.2. The molecule has 0 spiro atoms. The highest BCUT2D eigenvalue weighted by molar-refractivity contribution is 7.99. The number of fused-ring (bicyclic) bond motifs is 1. The minimum Gasteiger partial charge on any atom is -0.396 e. The van der Waals surface area contributed by atoms with Crippen molar-refractivity contribution in [2.24, 2.45) is 0 Å². The maximum absolute atomic E-state index is 12.3. The van der Waals surface area contributed by atoms with E-state index in [0.29, 0.717) is 6.54 Å². The minimum atomic E-state index is -0.0178. The van der Waals surface area contributed by atoms with Crippen LogP contribution in [0.1, 0.15) is 23.8 Å². The van der Waals surface area contributed by atoms with Crippen LogP contribution >= 0.6 is 11.8 Å².